The van der Waals surface area contributed by atoms with E-state index in [4.69, 9.17) is 9.52 Å². The zero-order valence-electron chi connectivity index (χ0n) is 10.9. The van der Waals surface area contributed by atoms with Gasteiger partial charge >= 0.3 is 5.97 Å². The Balaban J connectivity index is 2.55. The quantitative estimate of drug-likeness (QED) is 0.900. The number of carbonyl (C=O) groups is 1. The molecule has 1 aromatic heterocycles. The number of furan rings is 1. The highest BCUT2D eigenvalue weighted by atomic mass is 16.4. The van der Waals surface area contributed by atoms with Gasteiger partial charge in [0.2, 0.25) is 5.76 Å². The molecule has 2 rings (SSSR count). The average Bonchev–Trinajstić information content (AvgIpc) is 2.68. The molecule has 0 unspecified atom stereocenters. The van der Waals surface area contributed by atoms with Gasteiger partial charge in [0, 0.05) is 35.8 Å². The zero-order chi connectivity index (χ0) is 13.3. The van der Waals surface area contributed by atoms with E-state index in [0.29, 0.717) is 11.1 Å². The van der Waals surface area contributed by atoms with E-state index in [2.05, 4.69) is 18.7 Å². The first kappa shape index (κ1) is 12.5. The summed E-state index contributed by atoms with van der Waals surface area (Å²) in [4.78, 5) is 13.2. The molecule has 0 aliphatic heterocycles. The minimum absolute atomic E-state index is 0.0293. The summed E-state index contributed by atoms with van der Waals surface area (Å²) in [6.45, 7) is 7.76. The number of nitrogens with zero attached hydrogens (tertiary/aromatic N) is 1. The van der Waals surface area contributed by atoms with Crippen LogP contribution in [0.5, 0.6) is 0 Å². The SMILES string of the molecule is CCN(CC)c1ccc2c(C)c(C(=O)O)oc2c1. The molecule has 4 nitrogen and oxygen atoms in total. The Bertz CT molecular complexity index is 582. The molecule has 0 fully saturated rings. The molecule has 0 aliphatic rings. The molecule has 0 radical (unpaired) electrons. The molecule has 1 aromatic carbocycles. The molecule has 0 aliphatic carbocycles. The van der Waals surface area contributed by atoms with Crippen LogP contribution in [0.1, 0.15) is 30.0 Å². The summed E-state index contributed by atoms with van der Waals surface area (Å²) >= 11 is 0. The van der Waals surface area contributed by atoms with Gasteiger partial charge in [-0.2, -0.15) is 0 Å². The number of rotatable bonds is 4. The second-order valence-electron chi connectivity index (χ2n) is 4.21. The van der Waals surface area contributed by atoms with Crippen molar-refractivity contribution in [1.82, 2.24) is 0 Å². The number of fused-ring (bicyclic) bond motifs is 1. The minimum atomic E-state index is -1.02. The van der Waals surface area contributed by atoms with Gasteiger partial charge in [-0.1, -0.05) is 0 Å². The van der Waals surface area contributed by atoms with Gasteiger partial charge in [0.15, 0.2) is 0 Å². The van der Waals surface area contributed by atoms with E-state index in [-0.39, 0.29) is 5.76 Å². The molecule has 2 aromatic rings. The van der Waals surface area contributed by atoms with Crippen LogP contribution < -0.4 is 4.90 Å². The first-order valence-electron chi connectivity index (χ1n) is 6.09. The van der Waals surface area contributed by atoms with Crippen molar-refractivity contribution in [3.8, 4) is 0 Å². The van der Waals surface area contributed by atoms with Crippen LogP contribution in [0.25, 0.3) is 11.0 Å². The van der Waals surface area contributed by atoms with Gasteiger partial charge in [0.1, 0.15) is 5.58 Å². The van der Waals surface area contributed by atoms with Crippen molar-refractivity contribution in [2.75, 3.05) is 18.0 Å². The summed E-state index contributed by atoms with van der Waals surface area (Å²) in [5, 5.41) is 9.90. The standard InChI is InChI=1S/C14H17NO3/c1-4-15(5-2)10-6-7-11-9(3)13(14(16)17)18-12(11)8-10/h6-8H,4-5H2,1-3H3,(H,16,17). The number of hydrogen-bond acceptors (Lipinski definition) is 3. The van der Waals surface area contributed by atoms with Gasteiger partial charge in [0.05, 0.1) is 0 Å². The highest BCUT2D eigenvalue weighted by molar-refractivity contribution is 5.95. The third kappa shape index (κ3) is 1.94. The highest BCUT2D eigenvalue weighted by Crippen LogP contribution is 2.29. The molecule has 0 amide bonds. The van der Waals surface area contributed by atoms with Crippen molar-refractivity contribution in [2.24, 2.45) is 0 Å². The molecule has 1 heterocycles. The lowest BCUT2D eigenvalue weighted by molar-refractivity contribution is 0.0664. The summed E-state index contributed by atoms with van der Waals surface area (Å²) in [5.41, 5.74) is 2.37. The number of aryl methyl sites for hydroxylation is 1. The lowest BCUT2D eigenvalue weighted by Crippen LogP contribution is -2.21. The smallest absolute Gasteiger partial charge is 0.372 e. The zero-order valence-corrected chi connectivity index (χ0v) is 10.9. The summed E-state index contributed by atoms with van der Waals surface area (Å²) in [5.74, 6) is -0.991. The van der Waals surface area contributed by atoms with Crippen LogP contribution in [-0.2, 0) is 0 Å². The van der Waals surface area contributed by atoms with E-state index >= 15 is 0 Å². The Labute approximate surface area is 106 Å². The molecule has 96 valence electrons. The fourth-order valence-corrected chi connectivity index (χ4v) is 2.20. The number of benzene rings is 1. The molecule has 4 heteroatoms. The fraction of sp³-hybridized carbons (Fsp3) is 0.357. The van der Waals surface area contributed by atoms with Crippen LogP contribution in [0, 0.1) is 6.92 Å². The van der Waals surface area contributed by atoms with Gasteiger partial charge < -0.3 is 14.4 Å². The van der Waals surface area contributed by atoms with Crippen molar-refractivity contribution >= 4 is 22.6 Å². The maximum atomic E-state index is 11.0. The number of carboxylic acid groups (broad SMARTS) is 1. The van der Waals surface area contributed by atoms with Crippen molar-refractivity contribution in [1.29, 1.82) is 0 Å². The molecule has 0 saturated carbocycles. The van der Waals surface area contributed by atoms with Gasteiger partial charge in [-0.15, -0.1) is 0 Å². The molecule has 18 heavy (non-hydrogen) atoms. The molecule has 0 spiro atoms. The number of carboxylic acids is 1. The first-order chi connectivity index (χ1) is 8.58. The van der Waals surface area contributed by atoms with E-state index in [1.165, 1.54) is 0 Å². The van der Waals surface area contributed by atoms with Gasteiger partial charge in [-0.05, 0) is 32.9 Å². The van der Waals surface area contributed by atoms with Gasteiger partial charge in [0.25, 0.3) is 0 Å². The Morgan fingerprint density at radius 1 is 1.33 bits per heavy atom. The summed E-state index contributed by atoms with van der Waals surface area (Å²) in [7, 11) is 0. The van der Waals surface area contributed by atoms with Gasteiger partial charge in [-0.25, -0.2) is 4.79 Å². The summed E-state index contributed by atoms with van der Waals surface area (Å²) < 4.78 is 5.41. The fourth-order valence-electron chi connectivity index (χ4n) is 2.20. The largest absolute Gasteiger partial charge is 0.475 e. The molecule has 0 atom stereocenters. The number of anilines is 1. The molecule has 0 saturated heterocycles. The molecule has 1 N–H and O–H groups in total. The Morgan fingerprint density at radius 3 is 2.56 bits per heavy atom. The topological polar surface area (TPSA) is 53.7 Å². The van der Waals surface area contributed by atoms with Crippen molar-refractivity contribution in [3.63, 3.8) is 0 Å². The predicted molar refractivity (Wildman–Crippen MR) is 71.5 cm³/mol. The lowest BCUT2D eigenvalue weighted by Gasteiger charge is -2.20. The van der Waals surface area contributed by atoms with Crippen molar-refractivity contribution in [3.05, 3.63) is 29.5 Å². The van der Waals surface area contributed by atoms with E-state index in [1.54, 1.807) is 6.92 Å². The Kier molecular flexibility index (Phi) is 3.28. The summed E-state index contributed by atoms with van der Waals surface area (Å²) in [6.07, 6.45) is 0. The molecular weight excluding hydrogens is 230 g/mol. The van der Waals surface area contributed by atoms with Crippen LogP contribution in [0.15, 0.2) is 22.6 Å². The molecular formula is C14H17NO3. The number of aromatic carboxylic acids is 1. The Hall–Kier alpha value is -1.97. The maximum absolute atomic E-state index is 11.0. The normalized spacial score (nSPS) is 10.8. The predicted octanol–water partition coefficient (Wildman–Crippen LogP) is 3.29. The highest BCUT2D eigenvalue weighted by Gasteiger charge is 2.17. The van der Waals surface area contributed by atoms with Crippen LogP contribution in [0.2, 0.25) is 0 Å². The van der Waals surface area contributed by atoms with Crippen LogP contribution in [0.4, 0.5) is 5.69 Å². The van der Waals surface area contributed by atoms with E-state index in [1.807, 2.05) is 18.2 Å². The Morgan fingerprint density at radius 2 is 2.00 bits per heavy atom. The third-order valence-electron chi connectivity index (χ3n) is 3.24. The first-order valence-corrected chi connectivity index (χ1v) is 6.09. The maximum Gasteiger partial charge on any atom is 0.372 e. The van der Waals surface area contributed by atoms with E-state index < -0.39 is 5.97 Å². The minimum Gasteiger partial charge on any atom is -0.475 e. The summed E-state index contributed by atoms with van der Waals surface area (Å²) in [6, 6.07) is 5.83. The number of hydrogen-bond donors (Lipinski definition) is 1. The van der Waals surface area contributed by atoms with Crippen LogP contribution >= 0.6 is 0 Å². The third-order valence-corrected chi connectivity index (χ3v) is 3.24. The second kappa shape index (κ2) is 4.72. The van der Waals surface area contributed by atoms with Gasteiger partial charge in [-0.3, -0.25) is 0 Å². The van der Waals surface area contributed by atoms with Crippen molar-refractivity contribution in [2.45, 2.75) is 20.8 Å². The average molecular weight is 247 g/mol. The van der Waals surface area contributed by atoms with Crippen molar-refractivity contribution < 1.29 is 14.3 Å². The van der Waals surface area contributed by atoms with Crippen LogP contribution in [0.3, 0.4) is 0 Å². The lowest BCUT2D eigenvalue weighted by atomic mass is 10.1. The second-order valence-corrected chi connectivity index (χ2v) is 4.21. The van der Waals surface area contributed by atoms with Crippen LogP contribution in [-0.4, -0.2) is 24.2 Å². The van der Waals surface area contributed by atoms with E-state index in [9.17, 15) is 4.79 Å². The molecule has 0 bridgehead atoms. The van der Waals surface area contributed by atoms with E-state index in [0.717, 1.165) is 24.2 Å². The monoisotopic (exact) mass is 247 g/mol.